The van der Waals surface area contributed by atoms with Crippen LogP contribution in [0.4, 0.5) is 0 Å². The number of nitrogens with one attached hydrogen (secondary N) is 1. The molecule has 1 heterocycles. The van der Waals surface area contributed by atoms with Crippen molar-refractivity contribution in [2.45, 2.75) is 39.3 Å². The van der Waals surface area contributed by atoms with Crippen molar-refractivity contribution in [3.8, 4) is 0 Å². The molecule has 0 unspecified atom stereocenters. The Balaban J connectivity index is 1.81. The van der Waals surface area contributed by atoms with Gasteiger partial charge in [-0.05, 0) is 32.3 Å². The first-order valence-electron chi connectivity index (χ1n) is 7.01. The van der Waals surface area contributed by atoms with Gasteiger partial charge in [0, 0.05) is 18.3 Å². The predicted molar refractivity (Wildman–Crippen MR) is 77.4 cm³/mol. The van der Waals surface area contributed by atoms with E-state index >= 15 is 0 Å². The van der Waals surface area contributed by atoms with Gasteiger partial charge < -0.3 is 4.90 Å². The van der Waals surface area contributed by atoms with E-state index < -0.39 is 0 Å². The lowest BCUT2D eigenvalue weighted by Crippen LogP contribution is -2.32. The van der Waals surface area contributed by atoms with Gasteiger partial charge in [0.1, 0.15) is 0 Å². The van der Waals surface area contributed by atoms with Gasteiger partial charge in [0.2, 0.25) is 0 Å². The van der Waals surface area contributed by atoms with Gasteiger partial charge in [-0.3, -0.25) is 9.89 Å². The lowest BCUT2D eigenvalue weighted by molar-refractivity contribution is 0.0729. The van der Waals surface area contributed by atoms with E-state index in [9.17, 15) is 4.79 Å². The Morgan fingerprint density at radius 2 is 2.00 bits per heavy atom. The maximum Gasteiger partial charge on any atom is 0.257 e. The summed E-state index contributed by atoms with van der Waals surface area (Å²) in [6, 6.07) is 8.76. The Hall–Kier alpha value is -2.10. The predicted octanol–water partition coefficient (Wildman–Crippen LogP) is 2.83. The van der Waals surface area contributed by atoms with Gasteiger partial charge in [0.05, 0.1) is 11.8 Å². The lowest BCUT2D eigenvalue weighted by Gasteiger charge is -2.22. The van der Waals surface area contributed by atoms with Crippen LogP contribution in [0.2, 0.25) is 0 Å². The first kappa shape index (κ1) is 12.9. The van der Waals surface area contributed by atoms with Gasteiger partial charge in [-0.2, -0.15) is 5.10 Å². The Morgan fingerprint density at radius 3 is 2.55 bits per heavy atom. The summed E-state index contributed by atoms with van der Waals surface area (Å²) in [6.45, 7) is 4.63. The normalized spacial score (nSPS) is 14.3. The molecule has 0 atom stereocenters. The number of aromatic amines is 1. The molecular formula is C16H19N3O. The van der Waals surface area contributed by atoms with Crippen LogP contribution in [0.3, 0.4) is 0 Å². The van der Waals surface area contributed by atoms with Crippen molar-refractivity contribution in [1.82, 2.24) is 15.1 Å². The largest absolute Gasteiger partial charge is 0.331 e. The molecule has 0 aliphatic heterocycles. The Kier molecular flexibility index (Phi) is 3.30. The maximum absolute atomic E-state index is 12.6. The third-order valence-corrected chi connectivity index (χ3v) is 3.78. The zero-order chi connectivity index (χ0) is 14.1. The summed E-state index contributed by atoms with van der Waals surface area (Å²) in [7, 11) is 0. The van der Waals surface area contributed by atoms with Crippen LogP contribution in [-0.2, 0) is 6.54 Å². The fraction of sp³-hybridized carbons (Fsp3) is 0.375. The van der Waals surface area contributed by atoms with E-state index in [1.165, 1.54) is 11.1 Å². The van der Waals surface area contributed by atoms with Crippen molar-refractivity contribution < 1.29 is 4.79 Å². The number of nitrogens with zero attached hydrogens (tertiary/aromatic N) is 2. The second-order valence-corrected chi connectivity index (χ2v) is 5.56. The minimum absolute atomic E-state index is 0.0827. The molecular weight excluding hydrogens is 250 g/mol. The van der Waals surface area contributed by atoms with Crippen molar-refractivity contribution in [1.29, 1.82) is 0 Å². The highest BCUT2D eigenvalue weighted by atomic mass is 16.2. The van der Waals surface area contributed by atoms with Gasteiger partial charge in [0.15, 0.2) is 0 Å². The average molecular weight is 269 g/mol. The third-order valence-electron chi connectivity index (χ3n) is 3.78. The van der Waals surface area contributed by atoms with Crippen LogP contribution < -0.4 is 0 Å². The number of aromatic nitrogens is 2. The monoisotopic (exact) mass is 269 g/mol. The van der Waals surface area contributed by atoms with E-state index in [0.717, 1.165) is 18.5 Å². The molecule has 1 aromatic heterocycles. The van der Waals surface area contributed by atoms with Gasteiger partial charge >= 0.3 is 0 Å². The number of hydrogen-bond donors (Lipinski definition) is 1. The third kappa shape index (κ3) is 2.59. The first-order chi connectivity index (χ1) is 9.65. The molecule has 1 amide bonds. The van der Waals surface area contributed by atoms with Gasteiger partial charge in [-0.25, -0.2) is 0 Å². The molecule has 3 rings (SSSR count). The zero-order valence-corrected chi connectivity index (χ0v) is 11.9. The molecule has 1 aliphatic carbocycles. The van der Waals surface area contributed by atoms with Crippen molar-refractivity contribution in [2.75, 3.05) is 0 Å². The van der Waals surface area contributed by atoms with Crippen molar-refractivity contribution in [3.05, 3.63) is 52.8 Å². The number of hydrogen-bond acceptors (Lipinski definition) is 2. The highest BCUT2D eigenvalue weighted by molar-refractivity contribution is 5.95. The molecule has 1 saturated carbocycles. The molecule has 1 aliphatic rings. The second-order valence-electron chi connectivity index (χ2n) is 5.56. The molecule has 1 aromatic carbocycles. The van der Waals surface area contributed by atoms with Gasteiger partial charge in [-0.1, -0.05) is 29.8 Å². The van der Waals surface area contributed by atoms with Crippen LogP contribution in [0, 0.1) is 13.8 Å². The number of carbonyl (C=O) groups excluding carboxylic acids is 1. The molecule has 2 aromatic rings. The van der Waals surface area contributed by atoms with Gasteiger partial charge in [-0.15, -0.1) is 0 Å². The SMILES string of the molecule is Cc1ccc(CN(C(=O)c2cn[nH]c2C)C2CC2)cc1. The van der Waals surface area contributed by atoms with Crippen LogP contribution in [0.15, 0.2) is 30.5 Å². The summed E-state index contributed by atoms with van der Waals surface area (Å²) in [5.74, 6) is 0.0827. The number of aryl methyl sites for hydroxylation is 2. The molecule has 1 N–H and O–H groups in total. The number of carbonyl (C=O) groups is 1. The molecule has 104 valence electrons. The van der Waals surface area contributed by atoms with Crippen molar-refractivity contribution in [2.24, 2.45) is 0 Å². The fourth-order valence-electron chi connectivity index (χ4n) is 2.36. The van der Waals surface area contributed by atoms with E-state index in [2.05, 4.69) is 41.4 Å². The molecule has 20 heavy (non-hydrogen) atoms. The summed E-state index contributed by atoms with van der Waals surface area (Å²) in [6.07, 6.45) is 3.84. The van der Waals surface area contributed by atoms with Gasteiger partial charge in [0.25, 0.3) is 5.91 Å². The molecule has 0 spiro atoms. The summed E-state index contributed by atoms with van der Waals surface area (Å²) in [5, 5.41) is 6.79. The summed E-state index contributed by atoms with van der Waals surface area (Å²) < 4.78 is 0. The minimum Gasteiger partial charge on any atom is -0.331 e. The standard InChI is InChI=1S/C16H19N3O/c1-11-3-5-13(6-4-11)10-19(14-7-8-14)16(20)15-9-17-18-12(15)2/h3-6,9,14H,7-8,10H2,1-2H3,(H,17,18). The number of benzene rings is 1. The molecule has 4 heteroatoms. The Bertz CT molecular complexity index is 611. The van der Waals surface area contributed by atoms with Crippen LogP contribution in [0.5, 0.6) is 0 Å². The Labute approximate surface area is 118 Å². The van der Waals surface area contributed by atoms with E-state index in [4.69, 9.17) is 0 Å². The highest BCUT2D eigenvalue weighted by Gasteiger charge is 2.33. The topological polar surface area (TPSA) is 49.0 Å². The van der Waals surface area contributed by atoms with Crippen LogP contribution in [-0.4, -0.2) is 27.0 Å². The average Bonchev–Trinajstić information content (AvgIpc) is 3.19. The van der Waals surface area contributed by atoms with E-state index in [0.29, 0.717) is 18.2 Å². The lowest BCUT2D eigenvalue weighted by atomic mass is 10.1. The number of H-pyrrole nitrogens is 1. The minimum atomic E-state index is 0.0827. The highest BCUT2D eigenvalue weighted by Crippen LogP contribution is 2.30. The maximum atomic E-state index is 12.6. The molecule has 1 fully saturated rings. The first-order valence-corrected chi connectivity index (χ1v) is 7.01. The zero-order valence-electron chi connectivity index (χ0n) is 11.9. The van der Waals surface area contributed by atoms with E-state index in [1.54, 1.807) is 6.20 Å². The van der Waals surface area contributed by atoms with Crippen LogP contribution >= 0.6 is 0 Å². The second kappa shape index (κ2) is 5.12. The smallest absolute Gasteiger partial charge is 0.257 e. The quantitative estimate of drug-likeness (QED) is 0.927. The summed E-state index contributed by atoms with van der Waals surface area (Å²) >= 11 is 0. The van der Waals surface area contributed by atoms with Crippen LogP contribution in [0.25, 0.3) is 0 Å². The summed E-state index contributed by atoms with van der Waals surface area (Å²) in [4.78, 5) is 14.6. The molecule has 0 bridgehead atoms. The van der Waals surface area contributed by atoms with E-state index in [1.807, 2.05) is 11.8 Å². The van der Waals surface area contributed by atoms with Crippen molar-refractivity contribution >= 4 is 5.91 Å². The summed E-state index contributed by atoms with van der Waals surface area (Å²) in [5.41, 5.74) is 3.94. The molecule has 0 saturated heterocycles. The number of rotatable bonds is 4. The molecule has 4 nitrogen and oxygen atoms in total. The Morgan fingerprint density at radius 1 is 1.30 bits per heavy atom. The van der Waals surface area contributed by atoms with Crippen molar-refractivity contribution in [3.63, 3.8) is 0 Å². The molecule has 0 radical (unpaired) electrons. The van der Waals surface area contributed by atoms with E-state index in [-0.39, 0.29) is 5.91 Å². The number of amides is 1. The van der Waals surface area contributed by atoms with Crippen LogP contribution in [0.1, 0.15) is 40.0 Å². The fourth-order valence-corrected chi connectivity index (χ4v) is 2.36.